The molecule has 33 heavy (non-hydrogen) atoms. The van der Waals surface area contributed by atoms with Gasteiger partial charge in [-0.15, -0.1) is 0 Å². The van der Waals surface area contributed by atoms with Crippen LogP contribution >= 0.6 is 0 Å². The van der Waals surface area contributed by atoms with Crippen LogP contribution in [-0.4, -0.2) is 48.4 Å². The van der Waals surface area contributed by atoms with Crippen LogP contribution in [0.4, 0.5) is 0 Å². The standard InChI is InChI=1S/C26H37NO5S/c1-5-6-7-8-20-9-11-21(12-10-20)23-14-13-22(19-27-23)33(29,30)26(15-17-31-18-16-26)24(28)32-25(2,3)4/h9-14,19,24,28H,5-8,15-18H2,1-4H3. The molecular weight excluding hydrogens is 438 g/mol. The Labute approximate surface area is 198 Å². The average Bonchev–Trinajstić information content (AvgIpc) is 2.79. The zero-order valence-electron chi connectivity index (χ0n) is 20.2. The molecule has 1 aliphatic rings. The molecule has 1 aromatic carbocycles. The van der Waals surface area contributed by atoms with Gasteiger partial charge in [0.25, 0.3) is 0 Å². The zero-order valence-corrected chi connectivity index (χ0v) is 21.0. The molecule has 1 unspecified atom stereocenters. The number of sulfone groups is 1. The summed E-state index contributed by atoms with van der Waals surface area (Å²) >= 11 is 0. The summed E-state index contributed by atoms with van der Waals surface area (Å²) in [5.41, 5.74) is 2.25. The van der Waals surface area contributed by atoms with Crippen LogP contribution in [0.25, 0.3) is 11.3 Å². The van der Waals surface area contributed by atoms with Gasteiger partial charge in [0.2, 0.25) is 0 Å². The Morgan fingerprint density at radius 1 is 1.09 bits per heavy atom. The topological polar surface area (TPSA) is 85.7 Å². The Morgan fingerprint density at radius 3 is 2.30 bits per heavy atom. The second-order valence-corrected chi connectivity index (χ2v) is 12.1. The molecule has 0 amide bonds. The first-order valence-corrected chi connectivity index (χ1v) is 13.3. The number of nitrogens with zero attached hydrogens (tertiary/aromatic N) is 1. The molecular formula is C26H37NO5S. The number of hydrogen-bond acceptors (Lipinski definition) is 6. The lowest BCUT2D eigenvalue weighted by atomic mass is 9.97. The smallest absolute Gasteiger partial charge is 0.190 e. The lowest BCUT2D eigenvalue weighted by molar-refractivity contribution is -0.193. The van der Waals surface area contributed by atoms with E-state index in [1.165, 1.54) is 31.0 Å². The van der Waals surface area contributed by atoms with Crippen LogP contribution in [-0.2, 0) is 25.7 Å². The maximum absolute atomic E-state index is 13.7. The van der Waals surface area contributed by atoms with Crippen molar-refractivity contribution < 1.29 is 23.0 Å². The SMILES string of the molecule is CCCCCc1ccc(-c2ccc(S(=O)(=O)C3(C(O)OC(C)(C)C)CCOCC3)cn2)cc1. The van der Waals surface area contributed by atoms with Crippen molar-refractivity contribution in [1.82, 2.24) is 4.98 Å². The summed E-state index contributed by atoms with van der Waals surface area (Å²) in [6.07, 6.45) is 4.91. The van der Waals surface area contributed by atoms with E-state index >= 15 is 0 Å². The van der Waals surface area contributed by atoms with Gasteiger partial charge in [0.1, 0.15) is 4.75 Å². The molecule has 1 aliphatic heterocycles. The van der Waals surface area contributed by atoms with Crippen LogP contribution in [0, 0.1) is 0 Å². The van der Waals surface area contributed by atoms with E-state index in [2.05, 4.69) is 24.0 Å². The predicted octanol–water partition coefficient (Wildman–Crippen LogP) is 4.94. The number of aliphatic hydroxyl groups is 1. The highest BCUT2D eigenvalue weighted by Crippen LogP contribution is 2.39. The zero-order chi connectivity index (χ0) is 24.1. The summed E-state index contributed by atoms with van der Waals surface area (Å²) in [5.74, 6) is 0. The van der Waals surface area contributed by atoms with E-state index in [1.54, 1.807) is 32.9 Å². The molecule has 2 aromatic rings. The number of ether oxygens (including phenoxy) is 2. The Kier molecular flexibility index (Phi) is 8.32. The predicted molar refractivity (Wildman–Crippen MR) is 130 cm³/mol. The Balaban J connectivity index is 1.84. The molecule has 3 rings (SSSR count). The van der Waals surface area contributed by atoms with Gasteiger partial charge in [-0.25, -0.2) is 8.42 Å². The maximum Gasteiger partial charge on any atom is 0.190 e. The van der Waals surface area contributed by atoms with Gasteiger partial charge in [0.05, 0.1) is 16.2 Å². The first-order valence-electron chi connectivity index (χ1n) is 11.8. The Bertz CT molecular complexity index is 988. The fraction of sp³-hybridized carbons (Fsp3) is 0.577. The number of aliphatic hydroxyl groups excluding tert-OH is 1. The fourth-order valence-corrected chi connectivity index (χ4v) is 6.10. The van der Waals surface area contributed by atoms with E-state index in [9.17, 15) is 13.5 Å². The minimum Gasteiger partial charge on any atom is -0.381 e. The van der Waals surface area contributed by atoms with Gasteiger partial charge in [0, 0.05) is 25.0 Å². The molecule has 0 aliphatic carbocycles. The van der Waals surface area contributed by atoms with Crippen molar-refractivity contribution in [2.45, 2.75) is 87.8 Å². The van der Waals surface area contributed by atoms with Crippen LogP contribution in [0.15, 0.2) is 47.5 Å². The van der Waals surface area contributed by atoms with Gasteiger partial charge < -0.3 is 14.6 Å². The summed E-state index contributed by atoms with van der Waals surface area (Å²) in [6.45, 7) is 8.07. The third kappa shape index (κ3) is 6.01. The number of benzene rings is 1. The van der Waals surface area contributed by atoms with Crippen LogP contribution in [0.1, 0.15) is 65.4 Å². The van der Waals surface area contributed by atoms with Gasteiger partial charge in [-0.1, -0.05) is 44.0 Å². The van der Waals surface area contributed by atoms with E-state index in [0.717, 1.165) is 12.0 Å². The summed E-state index contributed by atoms with van der Waals surface area (Å²) in [5, 5.41) is 10.9. The third-order valence-electron chi connectivity index (χ3n) is 6.15. The van der Waals surface area contributed by atoms with Gasteiger partial charge in [-0.05, 0) is 64.2 Å². The van der Waals surface area contributed by atoms with Crippen molar-refractivity contribution in [2.24, 2.45) is 0 Å². The van der Waals surface area contributed by atoms with Gasteiger partial charge in [-0.3, -0.25) is 4.98 Å². The van der Waals surface area contributed by atoms with E-state index in [-0.39, 0.29) is 31.0 Å². The number of aryl methyl sites for hydroxylation is 1. The van der Waals surface area contributed by atoms with Gasteiger partial charge in [-0.2, -0.15) is 0 Å². The molecule has 1 saturated heterocycles. The lowest BCUT2D eigenvalue weighted by Gasteiger charge is -2.41. The first kappa shape index (κ1) is 25.8. The van der Waals surface area contributed by atoms with Crippen LogP contribution in [0.5, 0.6) is 0 Å². The second kappa shape index (κ2) is 10.6. The second-order valence-electron chi connectivity index (χ2n) is 9.80. The van der Waals surface area contributed by atoms with E-state index in [0.29, 0.717) is 5.69 Å². The first-order chi connectivity index (χ1) is 15.6. The molecule has 1 fully saturated rings. The number of aromatic nitrogens is 1. The summed E-state index contributed by atoms with van der Waals surface area (Å²) < 4.78 is 37.1. The highest BCUT2D eigenvalue weighted by molar-refractivity contribution is 7.93. The molecule has 0 spiro atoms. The van der Waals surface area contributed by atoms with Crippen LogP contribution in [0.3, 0.4) is 0 Å². The Morgan fingerprint density at radius 2 is 1.76 bits per heavy atom. The van der Waals surface area contributed by atoms with Crippen molar-refractivity contribution >= 4 is 9.84 Å². The quantitative estimate of drug-likeness (QED) is 0.408. The molecule has 0 radical (unpaired) electrons. The molecule has 2 heterocycles. The summed E-state index contributed by atoms with van der Waals surface area (Å²) in [6, 6.07) is 11.6. The number of hydrogen-bond donors (Lipinski definition) is 1. The summed E-state index contributed by atoms with van der Waals surface area (Å²) in [4.78, 5) is 4.53. The van der Waals surface area contributed by atoms with Crippen molar-refractivity contribution in [2.75, 3.05) is 13.2 Å². The molecule has 6 nitrogen and oxygen atoms in total. The van der Waals surface area contributed by atoms with Gasteiger partial charge >= 0.3 is 0 Å². The largest absolute Gasteiger partial charge is 0.381 e. The van der Waals surface area contributed by atoms with Crippen LogP contribution in [0.2, 0.25) is 0 Å². The summed E-state index contributed by atoms with van der Waals surface area (Å²) in [7, 11) is -3.93. The minimum atomic E-state index is -3.93. The maximum atomic E-state index is 13.7. The minimum absolute atomic E-state index is 0.0842. The molecule has 7 heteroatoms. The molecule has 0 saturated carbocycles. The van der Waals surface area contributed by atoms with E-state index < -0.39 is 26.5 Å². The Hall–Kier alpha value is -1.80. The highest BCUT2D eigenvalue weighted by Gasteiger charge is 2.53. The average molecular weight is 476 g/mol. The molecule has 1 atom stereocenters. The fourth-order valence-electron chi connectivity index (χ4n) is 4.17. The number of pyridine rings is 1. The highest BCUT2D eigenvalue weighted by atomic mass is 32.2. The van der Waals surface area contributed by atoms with Crippen molar-refractivity contribution in [3.05, 3.63) is 48.2 Å². The van der Waals surface area contributed by atoms with E-state index in [4.69, 9.17) is 9.47 Å². The monoisotopic (exact) mass is 475 g/mol. The number of rotatable bonds is 9. The van der Waals surface area contributed by atoms with E-state index in [1.807, 2.05) is 12.1 Å². The molecule has 182 valence electrons. The van der Waals surface area contributed by atoms with Crippen LogP contribution < -0.4 is 0 Å². The molecule has 0 bridgehead atoms. The normalized spacial score (nSPS) is 17.6. The molecule has 1 N–H and O–H groups in total. The van der Waals surface area contributed by atoms with Gasteiger partial charge in [0.15, 0.2) is 16.1 Å². The number of unbranched alkanes of at least 4 members (excludes halogenated alkanes) is 2. The third-order valence-corrected chi connectivity index (χ3v) is 8.70. The van der Waals surface area contributed by atoms with Crippen molar-refractivity contribution in [3.63, 3.8) is 0 Å². The van der Waals surface area contributed by atoms with Crippen molar-refractivity contribution in [1.29, 1.82) is 0 Å². The lowest BCUT2D eigenvalue weighted by Crippen LogP contribution is -2.55. The molecule has 1 aromatic heterocycles. The van der Waals surface area contributed by atoms with Crippen molar-refractivity contribution in [3.8, 4) is 11.3 Å².